The van der Waals surface area contributed by atoms with Gasteiger partial charge in [-0.3, -0.25) is 4.79 Å². The van der Waals surface area contributed by atoms with Crippen LogP contribution in [0.3, 0.4) is 0 Å². The summed E-state index contributed by atoms with van der Waals surface area (Å²) in [7, 11) is 0. The summed E-state index contributed by atoms with van der Waals surface area (Å²) < 4.78 is 0. The fourth-order valence-electron chi connectivity index (χ4n) is 2.18. The first-order valence-electron chi connectivity index (χ1n) is 6.74. The molecule has 1 heterocycles. The molecule has 20 heavy (non-hydrogen) atoms. The number of hydrogen-bond acceptors (Lipinski definition) is 2. The maximum Gasteiger partial charge on any atom is 0.254 e. The Kier molecular flexibility index (Phi) is 4.29. The minimum Gasteiger partial charge on any atom is -0.352 e. The van der Waals surface area contributed by atoms with E-state index in [0.29, 0.717) is 18.0 Å². The van der Waals surface area contributed by atoms with Gasteiger partial charge in [0, 0.05) is 11.9 Å². The van der Waals surface area contributed by atoms with E-state index in [1.165, 1.54) is 0 Å². The van der Waals surface area contributed by atoms with E-state index in [2.05, 4.69) is 16.4 Å². The van der Waals surface area contributed by atoms with Crippen LogP contribution in [-0.4, -0.2) is 17.4 Å². The predicted octanol–water partition coefficient (Wildman–Crippen LogP) is 3.89. The number of halogens is 1. The molecule has 106 valence electrons. The van der Waals surface area contributed by atoms with E-state index in [1.54, 1.807) is 0 Å². The molecule has 1 aromatic heterocycles. The molecule has 0 spiro atoms. The van der Waals surface area contributed by atoms with Crippen molar-refractivity contribution in [3.8, 4) is 0 Å². The maximum atomic E-state index is 12.1. The molecule has 4 heteroatoms. The molecule has 3 nitrogen and oxygen atoms in total. The molecule has 1 aromatic carbocycles. The Morgan fingerprint density at radius 1 is 1.30 bits per heavy atom. The zero-order valence-electron chi connectivity index (χ0n) is 12.2. The first-order valence-corrected chi connectivity index (χ1v) is 7.12. The molecule has 0 radical (unpaired) electrons. The normalized spacial score (nSPS) is 11.1. The molecule has 0 bridgehead atoms. The molecule has 2 rings (SSSR count). The Balaban J connectivity index is 2.44. The van der Waals surface area contributed by atoms with Gasteiger partial charge >= 0.3 is 0 Å². The maximum absolute atomic E-state index is 12.1. The van der Waals surface area contributed by atoms with Gasteiger partial charge in [-0.2, -0.15) is 0 Å². The van der Waals surface area contributed by atoms with Crippen molar-refractivity contribution in [1.29, 1.82) is 0 Å². The number of pyridine rings is 1. The molecule has 0 fully saturated rings. The third-order valence-electron chi connectivity index (χ3n) is 3.12. The van der Waals surface area contributed by atoms with Gasteiger partial charge in [0.2, 0.25) is 0 Å². The van der Waals surface area contributed by atoms with E-state index in [9.17, 15) is 4.79 Å². The third kappa shape index (κ3) is 3.10. The molecule has 0 aliphatic heterocycles. The minimum absolute atomic E-state index is 0.169. The quantitative estimate of drug-likeness (QED) is 0.871. The van der Waals surface area contributed by atoms with Gasteiger partial charge in [0.1, 0.15) is 5.15 Å². The monoisotopic (exact) mass is 290 g/mol. The number of carbonyl (C=O) groups is 1. The zero-order chi connectivity index (χ0) is 14.9. The molecular formula is C16H19ClN2O. The van der Waals surface area contributed by atoms with Crippen molar-refractivity contribution < 1.29 is 4.79 Å². The van der Waals surface area contributed by atoms with E-state index in [0.717, 1.165) is 22.0 Å². The third-order valence-corrected chi connectivity index (χ3v) is 3.41. The molecule has 0 aliphatic carbocycles. The second-order valence-corrected chi connectivity index (χ2v) is 5.94. The van der Waals surface area contributed by atoms with Crippen LogP contribution in [0.1, 0.15) is 35.3 Å². The smallest absolute Gasteiger partial charge is 0.254 e. The second-order valence-electron chi connectivity index (χ2n) is 5.58. The molecule has 0 saturated heterocycles. The van der Waals surface area contributed by atoms with Crippen LogP contribution in [0.25, 0.3) is 10.9 Å². The average molecular weight is 291 g/mol. The highest BCUT2D eigenvalue weighted by atomic mass is 35.5. The molecule has 2 aromatic rings. The van der Waals surface area contributed by atoms with Crippen LogP contribution < -0.4 is 5.32 Å². The zero-order valence-corrected chi connectivity index (χ0v) is 13.0. The minimum atomic E-state index is -0.169. The number of aromatic nitrogens is 1. The van der Waals surface area contributed by atoms with Gasteiger partial charge in [-0.05, 0) is 37.5 Å². The highest BCUT2D eigenvalue weighted by molar-refractivity contribution is 6.33. The van der Waals surface area contributed by atoms with E-state index >= 15 is 0 Å². The van der Waals surface area contributed by atoms with E-state index in [1.807, 2.05) is 39.8 Å². The molecule has 0 unspecified atom stereocenters. The first kappa shape index (κ1) is 14.8. The average Bonchev–Trinajstić information content (AvgIpc) is 2.36. The van der Waals surface area contributed by atoms with E-state index < -0.39 is 0 Å². The molecule has 1 N–H and O–H groups in total. The lowest BCUT2D eigenvalue weighted by Gasteiger charge is -2.10. The fraction of sp³-hybridized carbons (Fsp3) is 0.375. The van der Waals surface area contributed by atoms with Crippen LogP contribution >= 0.6 is 11.6 Å². The number of nitrogens with zero attached hydrogens (tertiary/aromatic N) is 1. The SMILES string of the molecule is Cc1cc(C)c2nc(Cl)c(C(=O)NCC(C)C)cc2c1. The number of aryl methyl sites for hydroxylation is 2. The van der Waals surface area contributed by atoms with Crippen molar-refractivity contribution in [1.82, 2.24) is 10.3 Å². The van der Waals surface area contributed by atoms with Gasteiger partial charge in [-0.15, -0.1) is 0 Å². The van der Waals surface area contributed by atoms with Crippen LogP contribution in [0.2, 0.25) is 5.15 Å². The summed E-state index contributed by atoms with van der Waals surface area (Å²) in [5, 5.41) is 4.07. The second kappa shape index (κ2) is 5.80. The highest BCUT2D eigenvalue weighted by Gasteiger charge is 2.14. The van der Waals surface area contributed by atoms with Gasteiger partial charge < -0.3 is 5.32 Å². The summed E-state index contributed by atoms with van der Waals surface area (Å²) in [6, 6.07) is 5.90. The van der Waals surface area contributed by atoms with Crippen LogP contribution in [-0.2, 0) is 0 Å². The lowest BCUT2D eigenvalue weighted by atomic mass is 10.1. The van der Waals surface area contributed by atoms with E-state index in [4.69, 9.17) is 11.6 Å². The van der Waals surface area contributed by atoms with Gasteiger partial charge in [0.25, 0.3) is 5.91 Å². The Hall–Kier alpha value is -1.61. The highest BCUT2D eigenvalue weighted by Crippen LogP contribution is 2.24. The summed E-state index contributed by atoms with van der Waals surface area (Å²) in [5.41, 5.74) is 3.49. The molecule has 0 atom stereocenters. The van der Waals surface area contributed by atoms with Crippen molar-refractivity contribution in [2.75, 3.05) is 6.54 Å². The molecule has 0 saturated carbocycles. The van der Waals surface area contributed by atoms with Crippen molar-refractivity contribution >= 4 is 28.4 Å². The number of benzene rings is 1. The van der Waals surface area contributed by atoms with Gasteiger partial charge in [-0.1, -0.05) is 37.1 Å². The Bertz CT molecular complexity index is 665. The Morgan fingerprint density at radius 3 is 2.65 bits per heavy atom. The van der Waals surface area contributed by atoms with Crippen molar-refractivity contribution in [3.63, 3.8) is 0 Å². The fourth-order valence-corrected chi connectivity index (χ4v) is 2.41. The largest absolute Gasteiger partial charge is 0.352 e. The van der Waals surface area contributed by atoms with Crippen molar-refractivity contribution in [2.45, 2.75) is 27.7 Å². The number of fused-ring (bicyclic) bond motifs is 1. The summed E-state index contributed by atoms with van der Waals surface area (Å²) in [6.07, 6.45) is 0. The van der Waals surface area contributed by atoms with Crippen molar-refractivity contribution in [3.05, 3.63) is 40.0 Å². The van der Waals surface area contributed by atoms with Crippen LogP contribution in [0.4, 0.5) is 0 Å². The number of carbonyl (C=O) groups excluding carboxylic acids is 1. The van der Waals surface area contributed by atoms with Gasteiger partial charge in [-0.25, -0.2) is 4.98 Å². The molecule has 1 amide bonds. The number of amides is 1. The van der Waals surface area contributed by atoms with Crippen LogP contribution in [0.5, 0.6) is 0 Å². The van der Waals surface area contributed by atoms with Gasteiger partial charge in [0.15, 0.2) is 0 Å². The summed E-state index contributed by atoms with van der Waals surface area (Å²) >= 11 is 6.15. The molecular weight excluding hydrogens is 272 g/mol. The Labute approximate surface area is 124 Å². The number of nitrogens with one attached hydrogen (secondary N) is 1. The predicted molar refractivity (Wildman–Crippen MR) is 83.4 cm³/mol. The first-order chi connectivity index (χ1) is 9.38. The summed E-state index contributed by atoms with van der Waals surface area (Å²) in [4.78, 5) is 16.5. The summed E-state index contributed by atoms with van der Waals surface area (Å²) in [5.74, 6) is 0.230. The Morgan fingerprint density at radius 2 is 2.00 bits per heavy atom. The van der Waals surface area contributed by atoms with E-state index in [-0.39, 0.29) is 11.1 Å². The number of hydrogen-bond donors (Lipinski definition) is 1. The standard InChI is InChI=1S/C16H19ClN2O/c1-9(2)8-18-16(20)13-7-12-6-10(3)5-11(4)14(12)19-15(13)17/h5-7,9H,8H2,1-4H3,(H,18,20). The number of rotatable bonds is 3. The topological polar surface area (TPSA) is 42.0 Å². The van der Waals surface area contributed by atoms with Crippen LogP contribution in [0, 0.1) is 19.8 Å². The van der Waals surface area contributed by atoms with Crippen molar-refractivity contribution in [2.24, 2.45) is 5.92 Å². The lowest BCUT2D eigenvalue weighted by molar-refractivity contribution is 0.0949. The van der Waals surface area contributed by atoms with Crippen LogP contribution in [0.15, 0.2) is 18.2 Å². The molecule has 0 aliphatic rings. The van der Waals surface area contributed by atoms with Gasteiger partial charge in [0.05, 0.1) is 11.1 Å². The summed E-state index contributed by atoms with van der Waals surface area (Å²) in [6.45, 7) is 8.75. The lowest BCUT2D eigenvalue weighted by Crippen LogP contribution is -2.27.